The van der Waals surface area contributed by atoms with Crippen LogP contribution in [0.4, 0.5) is 5.69 Å². The first kappa shape index (κ1) is 16.8. The van der Waals surface area contributed by atoms with Gasteiger partial charge in [0.1, 0.15) is 0 Å². The van der Waals surface area contributed by atoms with Gasteiger partial charge in [-0.15, -0.1) is 0 Å². The van der Waals surface area contributed by atoms with Crippen molar-refractivity contribution in [1.29, 1.82) is 0 Å². The summed E-state index contributed by atoms with van der Waals surface area (Å²) >= 11 is 0. The minimum absolute atomic E-state index is 0.109. The van der Waals surface area contributed by atoms with Crippen LogP contribution in [0.15, 0.2) is 30.3 Å². The summed E-state index contributed by atoms with van der Waals surface area (Å²) in [5.41, 5.74) is 1.21. The Morgan fingerprint density at radius 3 is 2.15 bits per heavy atom. The van der Waals surface area contributed by atoms with Crippen LogP contribution in [0.5, 0.6) is 0 Å². The molecule has 0 bridgehead atoms. The molecular formula is C23H32N2O. The molecule has 4 aliphatic rings. The number of fused-ring (bicyclic) bond motifs is 1. The van der Waals surface area contributed by atoms with E-state index in [9.17, 15) is 4.79 Å². The minimum atomic E-state index is 0.109. The zero-order valence-corrected chi connectivity index (χ0v) is 15.9. The van der Waals surface area contributed by atoms with E-state index in [1.165, 1.54) is 58.0 Å². The fourth-order valence-electron chi connectivity index (χ4n) is 6.49. The Morgan fingerprint density at radius 1 is 0.885 bits per heavy atom. The monoisotopic (exact) mass is 352 g/mol. The largest absolute Gasteiger partial charge is 0.306 e. The molecule has 1 aromatic carbocycles. The summed E-state index contributed by atoms with van der Waals surface area (Å²) in [6.45, 7) is 2.36. The van der Waals surface area contributed by atoms with E-state index in [4.69, 9.17) is 0 Å². The van der Waals surface area contributed by atoms with Crippen molar-refractivity contribution in [2.45, 2.75) is 75.8 Å². The topological polar surface area (TPSA) is 23.6 Å². The number of anilines is 1. The summed E-state index contributed by atoms with van der Waals surface area (Å²) in [5, 5.41) is 0. The van der Waals surface area contributed by atoms with Crippen LogP contribution in [0, 0.1) is 11.8 Å². The van der Waals surface area contributed by atoms with Gasteiger partial charge in [0.15, 0.2) is 0 Å². The van der Waals surface area contributed by atoms with Crippen LogP contribution in [-0.4, -0.2) is 35.5 Å². The molecule has 2 aliphatic carbocycles. The number of carbonyl (C=O) groups excluding carboxylic acids is 1. The van der Waals surface area contributed by atoms with Gasteiger partial charge in [0.05, 0.1) is 12.0 Å². The SMILES string of the molecule is O=C1CC2(CCN(C3CC4CCCCCC4C3)CC2)N1c1ccccc1. The predicted molar refractivity (Wildman–Crippen MR) is 105 cm³/mol. The second kappa shape index (κ2) is 6.67. The fraction of sp³-hybridized carbons (Fsp3) is 0.696. The van der Waals surface area contributed by atoms with E-state index in [1.54, 1.807) is 0 Å². The van der Waals surface area contributed by atoms with Crippen LogP contribution in [0.3, 0.4) is 0 Å². The first-order chi connectivity index (χ1) is 12.8. The lowest BCUT2D eigenvalue weighted by atomic mass is 9.75. The van der Waals surface area contributed by atoms with Gasteiger partial charge in [0, 0.05) is 24.8 Å². The number of rotatable bonds is 2. The van der Waals surface area contributed by atoms with Gasteiger partial charge in [0.2, 0.25) is 5.91 Å². The third-order valence-corrected chi connectivity index (χ3v) is 7.93. The van der Waals surface area contributed by atoms with Crippen LogP contribution < -0.4 is 4.90 Å². The first-order valence-electron chi connectivity index (χ1n) is 10.9. The summed E-state index contributed by atoms with van der Waals surface area (Å²) in [7, 11) is 0. The molecule has 3 heteroatoms. The van der Waals surface area contributed by atoms with Crippen molar-refractivity contribution >= 4 is 11.6 Å². The van der Waals surface area contributed by atoms with Crippen molar-refractivity contribution in [3.8, 4) is 0 Å². The van der Waals surface area contributed by atoms with E-state index in [0.29, 0.717) is 5.91 Å². The highest BCUT2D eigenvalue weighted by molar-refractivity contribution is 6.02. The molecule has 2 atom stereocenters. The molecule has 2 saturated carbocycles. The summed E-state index contributed by atoms with van der Waals surface area (Å²) in [4.78, 5) is 17.3. The molecule has 2 heterocycles. The van der Waals surface area contributed by atoms with E-state index in [1.807, 2.05) is 18.2 Å². The van der Waals surface area contributed by atoms with Gasteiger partial charge < -0.3 is 9.80 Å². The molecule has 2 saturated heterocycles. The van der Waals surface area contributed by atoms with E-state index in [0.717, 1.165) is 42.8 Å². The molecule has 0 N–H and O–H groups in total. The third kappa shape index (κ3) is 2.79. The van der Waals surface area contributed by atoms with Gasteiger partial charge >= 0.3 is 0 Å². The Morgan fingerprint density at radius 2 is 1.54 bits per heavy atom. The maximum atomic E-state index is 12.4. The van der Waals surface area contributed by atoms with E-state index >= 15 is 0 Å². The lowest BCUT2D eigenvalue weighted by Crippen LogP contribution is -2.68. The Kier molecular flexibility index (Phi) is 4.31. The van der Waals surface area contributed by atoms with E-state index in [-0.39, 0.29) is 5.54 Å². The first-order valence-corrected chi connectivity index (χ1v) is 10.9. The number of benzene rings is 1. The number of carbonyl (C=O) groups is 1. The molecule has 1 amide bonds. The van der Waals surface area contributed by atoms with Crippen LogP contribution >= 0.6 is 0 Å². The number of nitrogens with zero attached hydrogens (tertiary/aromatic N) is 2. The Hall–Kier alpha value is -1.35. The molecule has 1 aromatic rings. The summed E-state index contributed by atoms with van der Waals surface area (Å²) in [6, 6.07) is 11.1. The van der Waals surface area contributed by atoms with Crippen LogP contribution in [0.25, 0.3) is 0 Å². The highest BCUT2D eigenvalue weighted by Crippen LogP contribution is 2.47. The number of para-hydroxylation sites is 1. The third-order valence-electron chi connectivity index (χ3n) is 7.93. The van der Waals surface area contributed by atoms with Crippen LogP contribution in [-0.2, 0) is 4.79 Å². The van der Waals surface area contributed by atoms with Gasteiger partial charge in [-0.2, -0.15) is 0 Å². The number of hydrogen-bond acceptors (Lipinski definition) is 2. The maximum absolute atomic E-state index is 12.4. The van der Waals surface area contributed by atoms with Crippen molar-refractivity contribution < 1.29 is 4.79 Å². The van der Waals surface area contributed by atoms with Crippen LogP contribution in [0.1, 0.15) is 64.2 Å². The van der Waals surface area contributed by atoms with E-state index < -0.39 is 0 Å². The molecule has 5 rings (SSSR count). The van der Waals surface area contributed by atoms with Crippen molar-refractivity contribution in [1.82, 2.24) is 4.90 Å². The maximum Gasteiger partial charge on any atom is 0.229 e. The lowest BCUT2D eigenvalue weighted by Gasteiger charge is -2.56. The van der Waals surface area contributed by atoms with E-state index in [2.05, 4.69) is 21.9 Å². The van der Waals surface area contributed by atoms with Gasteiger partial charge in [-0.05, 0) is 49.7 Å². The molecule has 140 valence electrons. The molecule has 1 spiro atoms. The molecular weight excluding hydrogens is 320 g/mol. The molecule has 0 aromatic heterocycles. The zero-order valence-electron chi connectivity index (χ0n) is 15.9. The van der Waals surface area contributed by atoms with Crippen molar-refractivity contribution in [2.24, 2.45) is 11.8 Å². The summed E-state index contributed by atoms with van der Waals surface area (Å²) < 4.78 is 0. The second-order valence-corrected chi connectivity index (χ2v) is 9.29. The number of likely N-dealkylation sites (tertiary alicyclic amines) is 1. The molecule has 4 fully saturated rings. The lowest BCUT2D eigenvalue weighted by molar-refractivity contribution is -0.129. The van der Waals surface area contributed by atoms with Crippen molar-refractivity contribution in [2.75, 3.05) is 18.0 Å². The van der Waals surface area contributed by atoms with Gasteiger partial charge in [0.25, 0.3) is 0 Å². The molecule has 2 aliphatic heterocycles. The fourth-order valence-corrected chi connectivity index (χ4v) is 6.49. The summed E-state index contributed by atoms with van der Waals surface area (Å²) in [5.74, 6) is 2.32. The standard InChI is InChI=1S/C23H32N2O/c26-22-17-23(25(22)20-9-5-2-6-10-20)11-13-24(14-12-23)21-15-18-7-3-1-4-8-19(18)16-21/h2,5-6,9-10,18-19,21H,1,3-4,7-8,11-17H2. The second-order valence-electron chi connectivity index (χ2n) is 9.29. The average molecular weight is 353 g/mol. The number of amides is 1. The zero-order chi connectivity index (χ0) is 17.6. The number of hydrogen-bond donors (Lipinski definition) is 0. The molecule has 26 heavy (non-hydrogen) atoms. The Bertz CT molecular complexity index is 635. The molecule has 2 unspecified atom stereocenters. The van der Waals surface area contributed by atoms with Gasteiger partial charge in [-0.1, -0.05) is 50.3 Å². The predicted octanol–water partition coefficient (Wildman–Crippen LogP) is 4.62. The highest BCUT2D eigenvalue weighted by Gasteiger charge is 2.53. The van der Waals surface area contributed by atoms with Gasteiger partial charge in [-0.25, -0.2) is 0 Å². The Labute approximate surface area is 157 Å². The molecule has 0 radical (unpaired) electrons. The quantitative estimate of drug-likeness (QED) is 0.725. The van der Waals surface area contributed by atoms with Crippen molar-refractivity contribution in [3.63, 3.8) is 0 Å². The number of β-lactam (4-membered cyclic amide) rings is 1. The Balaban J connectivity index is 1.23. The smallest absolute Gasteiger partial charge is 0.229 e. The van der Waals surface area contributed by atoms with Crippen molar-refractivity contribution in [3.05, 3.63) is 30.3 Å². The number of piperidine rings is 1. The minimum Gasteiger partial charge on any atom is -0.306 e. The van der Waals surface area contributed by atoms with Crippen LogP contribution in [0.2, 0.25) is 0 Å². The highest BCUT2D eigenvalue weighted by atomic mass is 16.2. The van der Waals surface area contributed by atoms with Gasteiger partial charge in [-0.3, -0.25) is 4.79 Å². The molecule has 3 nitrogen and oxygen atoms in total. The summed E-state index contributed by atoms with van der Waals surface area (Å²) in [6.07, 6.45) is 13.3. The average Bonchev–Trinajstić information content (AvgIpc) is 2.93. The normalized spacial score (nSPS) is 34.4.